The minimum absolute atomic E-state index is 0.377. The molecular weight excluding hydrogens is 510 g/mol. The van der Waals surface area contributed by atoms with Gasteiger partial charge < -0.3 is 15.0 Å². The van der Waals surface area contributed by atoms with Gasteiger partial charge in [-0.05, 0) is 34.2 Å². The van der Waals surface area contributed by atoms with Crippen molar-refractivity contribution >= 4 is 67.2 Å². The fourth-order valence-corrected chi connectivity index (χ4v) is 4.29. The second-order valence-corrected chi connectivity index (χ2v) is 7.39. The molecule has 0 radical (unpaired) electrons. The lowest BCUT2D eigenvalue weighted by Gasteiger charge is -2.20. The highest BCUT2D eigenvalue weighted by Gasteiger charge is 2.20. The van der Waals surface area contributed by atoms with Crippen LogP contribution in [-0.4, -0.2) is 25.7 Å². The molecule has 0 aliphatic rings. The minimum Gasteiger partial charge on any atom is -0.465 e. The Hall–Kier alpha value is -1.39. The Balaban J connectivity index is 2.04. The van der Waals surface area contributed by atoms with Crippen LogP contribution in [0, 0.1) is 3.57 Å². The van der Waals surface area contributed by atoms with E-state index in [1.54, 1.807) is 0 Å². The summed E-state index contributed by atoms with van der Waals surface area (Å²) in [5, 5.41) is 12.9. The molecule has 0 aliphatic heterocycles. The number of amides is 1. The van der Waals surface area contributed by atoms with Gasteiger partial charge in [-0.15, -0.1) is 0 Å². The van der Waals surface area contributed by atoms with E-state index in [1.807, 2.05) is 35.0 Å². The summed E-state index contributed by atoms with van der Waals surface area (Å²) in [6.07, 6.45) is 2.20. The largest absolute Gasteiger partial charge is 0.465 e. The second-order valence-electron chi connectivity index (χ2n) is 5.02. The van der Waals surface area contributed by atoms with Gasteiger partial charge in [0.25, 0.3) is 0 Å². The number of benzene rings is 1. The Morgan fingerprint density at radius 1 is 1.42 bits per heavy atom. The van der Waals surface area contributed by atoms with Crippen LogP contribution in [0.3, 0.4) is 0 Å². The summed E-state index contributed by atoms with van der Waals surface area (Å²) in [6.45, 7) is 0.377. The first-order valence-electron chi connectivity index (χ1n) is 6.86. The number of carboxylic acid groups (broad SMARTS) is 1. The van der Waals surface area contributed by atoms with Crippen molar-refractivity contribution in [2.45, 2.75) is 12.6 Å². The first-order chi connectivity index (χ1) is 11.5. The summed E-state index contributed by atoms with van der Waals surface area (Å²) < 4.78 is 3.63. The highest BCUT2D eigenvalue weighted by Crippen LogP contribution is 2.30. The van der Waals surface area contributed by atoms with Crippen molar-refractivity contribution in [2.24, 2.45) is 0 Å². The molecule has 0 spiro atoms. The number of hydrogen-bond donors (Lipinski definition) is 2. The van der Waals surface area contributed by atoms with E-state index < -0.39 is 12.1 Å². The summed E-state index contributed by atoms with van der Waals surface area (Å²) in [6, 6.07) is 7.06. The van der Waals surface area contributed by atoms with Gasteiger partial charge in [0.05, 0.1) is 11.4 Å². The molecule has 1 amide bonds. The zero-order valence-electron chi connectivity index (χ0n) is 12.1. The molecule has 0 fully saturated rings. The molecule has 0 saturated heterocycles. The molecule has 2 heterocycles. The van der Waals surface area contributed by atoms with Crippen molar-refractivity contribution in [3.63, 3.8) is 0 Å². The number of fused-ring (bicyclic) bond motifs is 1. The highest BCUT2D eigenvalue weighted by atomic mass is 127. The van der Waals surface area contributed by atoms with Crippen LogP contribution in [-0.2, 0) is 6.54 Å². The number of nitrogens with one attached hydrogen (secondary N) is 1. The van der Waals surface area contributed by atoms with Crippen molar-refractivity contribution in [2.75, 3.05) is 0 Å². The number of nitrogens with zero attached hydrogens (tertiary/aromatic N) is 3. The molecule has 3 rings (SSSR count). The van der Waals surface area contributed by atoms with Gasteiger partial charge in [0.15, 0.2) is 0 Å². The Bertz CT molecular complexity index is 918. The van der Waals surface area contributed by atoms with Crippen molar-refractivity contribution in [3.05, 3.63) is 55.5 Å². The summed E-state index contributed by atoms with van der Waals surface area (Å²) in [5.41, 5.74) is 1.51. The van der Waals surface area contributed by atoms with Gasteiger partial charge >= 0.3 is 6.09 Å². The van der Waals surface area contributed by atoms with Crippen LogP contribution in [0.25, 0.3) is 11.0 Å². The van der Waals surface area contributed by atoms with Crippen LogP contribution >= 0.6 is 50.1 Å². The molecule has 124 valence electrons. The van der Waals surface area contributed by atoms with E-state index in [0.29, 0.717) is 17.3 Å². The molecule has 1 atom stereocenters. The van der Waals surface area contributed by atoms with E-state index in [0.717, 1.165) is 19.0 Å². The lowest BCUT2D eigenvalue weighted by molar-refractivity contribution is 0.188. The van der Waals surface area contributed by atoms with Gasteiger partial charge in [0, 0.05) is 20.8 Å². The molecule has 0 bridgehead atoms. The lowest BCUT2D eigenvalue weighted by Crippen LogP contribution is -2.30. The van der Waals surface area contributed by atoms with Gasteiger partial charge in [0.2, 0.25) is 0 Å². The standard InChI is InChI=1S/C15H11BrClIN4O2/c16-9-4-2-1-3-8(9)11(21-15(23)24)6-22-5-10(18)12-13(17)19-7-20-14(12)22/h1-5,7,11,21H,6H2,(H,23,24). The number of halogens is 3. The van der Waals surface area contributed by atoms with E-state index >= 15 is 0 Å². The Morgan fingerprint density at radius 2 is 2.17 bits per heavy atom. The zero-order valence-corrected chi connectivity index (χ0v) is 16.6. The van der Waals surface area contributed by atoms with E-state index in [-0.39, 0.29) is 0 Å². The van der Waals surface area contributed by atoms with Crippen LogP contribution < -0.4 is 5.32 Å². The third kappa shape index (κ3) is 3.50. The molecule has 6 nitrogen and oxygen atoms in total. The van der Waals surface area contributed by atoms with Crippen molar-refractivity contribution < 1.29 is 9.90 Å². The lowest BCUT2D eigenvalue weighted by atomic mass is 10.1. The van der Waals surface area contributed by atoms with Gasteiger partial charge in [-0.3, -0.25) is 0 Å². The van der Waals surface area contributed by atoms with Crippen LogP contribution in [0.1, 0.15) is 11.6 Å². The predicted octanol–water partition coefficient (Wildman–Crippen LogP) is 4.46. The van der Waals surface area contributed by atoms with Crippen LogP contribution in [0.15, 0.2) is 41.3 Å². The third-order valence-electron chi connectivity index (χ3n) is 3.52. The maximum Gasteiger partial charge on any atom is 0.405 e. The molecule has 24 heavy (non-hydrogen) atoms. The normalized spacial score (nSPS) is 12.3. The Kier molecular flexibility index (Phi) is 5.26. The number of rotatable bonds is 4. The SMILES string of the molecule is O=C(O)NC(Cn1cc(I)c2c(Cl)ncnc21)c1ccccc1Br. The molecule has 3 aromatic rings. The van der Waals surface area contributed by atoms with E-state index in [1.165, 1.54) is 6.33 Å². The topological polar surface area (TPSA) is 80.0 Å². The average Bonchev–Trinajstić information content (AvgIpc) is 2.84. The fraction of sp³-hybridized carbons (Fsp3) is 0.133. The maximum absolute atomic E-state index is 11.2. The van der Waals surface area contributed by atoms with Gasteiger partial charge in [-0.2, -0.15) is 0 Å². The number of hydrogen-bond acceptors (Lipinski definition) is 3. The summed E-state index contributed by atoms with van der Waals surface area (Å²) in [5.74, 6) is 0. The number of aromatic nitrogens is 3. The van der Waals surface area contributed by atoms with Gasteiger partial charge in [-0.25, -0.2) is 14.8 Å². The monoisotopic (exact) mass is 520 g/mol. The Labute approximate surface area is 164 Å². The van der Waals surface area contributed by atoms with E-state index in [2.05, 4.69) is 53.8 Å². The molecular formula is C15H11BrClIN4O2. The van der Waals surface area contributed by atoms with Crippen LogP contribution in [0.2, 0.25) is 5.15 Å². The molecule has 0 saturated carbocycles. The molecule has 0 aliphatic carbocycles. The Morgan fingerprint density at radius 3 is 2.88 bits per heavy atom. The number of carbonyl (C=O) groups is 1. The van der Waals surface area contributed by atoms with Crippen LogP contribution in [0.5, 0.6) is 0 Å². The summed E-state index contributed by atoms with van der Waals surface area (Å²) in [7, 11) is 0. The molecule has 2 N–H and O–H groups in total. The summed E-state index contributed by atoms with van der Waals surface area (Å²) in [4.78, 5) is 19.5. The van der Waals surface area contributed by atoms with E-state index in [4.69, 9.17) is 11.6 Å². The summed E-state index contributed by atoms with van der Waals surface area (Å²) >= 11 is 11.8. The molecule has 2 aromatic heterocycles. The van der Waals surface area contributed by atoms with Crippen molar-refractivity contribution in [3.8, 4) is 0 Å². The average molecular weight is 522 g/mol. The van der Waals surface area contributed by atoms with Crippen LogP contribution in [0.4, 0.5) is 4.79 Å². The fourth-order valence-electron chi connectivity index (χ4n) is 2.51. The predicted molar refractivity (Wildman–Crippen MR) is 103 cm³/mol. The molecule has 9 heteroatoms. The van der Waals surface area contributed by atoms with Crippen molar-refractivity contribution in [1.82, 2.24) is 19.9 Å². The van der Waals surface area contributed by atoms with Gasteiger partial charge in [0.1, 0.15) is 17.1 Å². The molecule has 1 unspecified atom stereocenters. The smallest absolute Gasteiger partial charge is 0.405 e. The second kappa shape index (κ2) is 7.24. The maximum atomic E-state index is 11.2. The molecule has 1 aromatic carbocycles. The first kappa shape index (κ1) is 17.4. The third-order valence-corrected chi connectivity index (χ3v) is 5.35. The highest BCUT2D eigenvalue weighted by molar-refractivity contribution is 14.1. The first-order valence-corrected chi connectivity index (χ1v) is 9.11. The minimum atomic E-state index is -1.09. The van der Waals surface area contributed by atoms with Crippen molar-refractivity contribution in [1.29, 1.82) is 0 Å². The van der Waals surface area contributed by atoms with E-state index in [9.17, 15) is 9.90 Å². The van der Waals surface area contributed by atoms with Gasteiger partial charge in [-0.1, -0.05) is 45.7 Å². The quantitative estimate of drug-likeness (QED) is 0.393. The zero-order chi connectivity index (χ0) is 17.3.